The van der Waals surface area contributed by atoms with E-state index < -0.39 is 31.0 Å². The van der Waals surface area contributed by atoms with Gasteiger partial charge in [-0.1, -0.05) is 84.9 Å². The molecule has 0 aromatic heterocycles. The number of nitrogens with zero attached hydrogens (tertiary/aromatic N) is 2. The van der Waals surface area contributed by atoms with Crippen LogP contribution in [0.5, 0.6) is 0 Å². The van der Waals surface area contributed by atoms with Crippen molar-refractivity contribution in [1.82, 2.24) is 10.2 Å². The molecule has 0 spiro atoms. The molecule has 0 saturated carbocycles. The maximum Gasteiger partial charge on any atom is 0.379 e. The van der Waals surface area contributed by atoms with Gasteiger partial charge in [-0.05, 0) is 85.3 Å². The molecule has 1 aromatic rings. The Morgan fingerprint density at radius 3 is 2.34 bits per heavy atom. The van der Waals surface area contributed by atoms with E-state index >= 15 is 8.78 Å². The Kier molecular flexibility index (Phi) is 16.6. The summed E-state index contributed by atoms with van der Waals surface area (Å²) in [7, 11) is 0. The van der Waals surface area contributed by atoms with Crippen molar-refractivity contribution in [2.75, 3.05) is 0 Å². The van der Waals surface area contributed by atoms with E-state index in [9.17, 15) is 22.8 Å². The van der Waals surface area contributed by atoms with Gasteiger partial charge in [0.1, 0.15) is 0 Å². The molecule has 3 heterocycles. The monoisotopic (exact) mass is 706 g/mol. The molecule has 1 aromatic carbocycles. The zero-order chi connectivity index (χ0) is 37.8. The number of hydrogen-bond acceptors (Lipinski definition) is 4. The second-order valence-electron chi connectivity index (χ2n) is 13.0. The number of carbonyl (C=O) groups is 2. The number of aliphatic imine (C=N–C) groups is 1. The minimum Gasteiger partial charge on any atom is -0.369 e. The van der Waals surface area contributed by atoms with E-state index in [1.807, 2.05) is 46.8 Å². The molecule has 0 radical (unpaired) electrons. The van der Waals surface area contributed by atoms with Gasteiger partial charge in [0, 0.05) is 24.0 Å². The molecule has 50 heavy (non-hydrogen) atoms. The summed E-state index contributed by atoms with van der Waals surface area (Å²) >= 11 is 0. The van der Waals surface area contributed by atoms with E-state index in [2.05, 4.69) is 48.9 Å². The number of amides is 2. The lowest BCUT2D eigenvalue weighted by atomic mass is 9.90. The lowest BCUT2D eigenvalue weighted by molar-refractivity contribution is -0.130. The van der Waals surface area contributed by atoms with Gasteiger partial charge in [0.15, 0.2) is 5.96 Å². The Labute approximate surface area is 294 Å². The molecule has 6 bridgehead atoms. The average Bonchev–Trinajstić information content (AvgIpc) is 3.32. The zero-order valence-corrected chi connectivity index (χ0v) is 30.5. The normalized spacial score (nSPS) is 24.7. The number of guanidine groups is 1. The van der Waals surface area contributed by atoms with E-state index in [1.54, 1.807) is 0 Å². The number of carbonyl (C=O) groups excluding carboxylic acids is 2. The van der Waals surface area contributed by atoms with Crippen molar-refractivity contribution in [2.45, 2.75) is 131 Å². The molecule has 0 fully saturated rings. The molecule has 2 amide bonds. The van der Waals surface area contributed by atoms with Gasteiger partial charge in [0.25, 0.3) is 11.8 Å². The van der Waals surface area contributed by atoms with Gasteiger partial charge in [0.05, 0.1) is 18.1 Å². The maximum atomic E-state index is 15.7. The van der Waals surface area contributed by atoms with Crippen molar-refractivity contribution in [1.29, 1.82) is 0 Å². The van der Waals surface area contributed by atoms with Gasteiger partial charge in [-0.3, -0.25) is 14.5 Å². The largest absolute Gasteiger partial charge is 0.379 e. The first-order valence-corrected chi connectivity index (χ1v) is 17.7. The molecule has 5 unspecified atom stereocenters. The summed E-state index contributed by atoms with van der Waals surface area (Å²) in [5.41, 5.74) is 9.80. The van der Waals surface area contributed by atoms with E-state index in [1.165, 1.54) is 17.1 Å². The molecule has 278 valence electrons. The molecule has 0 saturated heterocycles. The number of rotatable bonds is 6. The predicted octanol–water partition coefficient (Wildman–Crippen LogP) is 9.77. The number of nitrogens with two attached hydrogens (primary N) is 1. The van der Waals surface area contributed by atoms with Gasteiger partial charge in [-0.25, -0.2) is 13.8 Å². The SMILES string of the molecule is C=C1/C=C\C2=C(C(C)CC)C(CC2(F)F)N2C(=O)CC(CC/C=C\c3ccc(C)c(c3)C(CCC(C)CC)NC1=O)N=C2N.CC.FC(F)F. The fourth-order valence-electron chi connectivity index (χ4n) is 6.46. The van der Waals surface area contributed by atoms with Crippen LogP contribution in [-0.4, -0.2) is 47.4 Å². The van der Waals surface area contributed by atoms with Crippen LogP contribution in [-0.2, 0) is 9.59 Å². The van der Waals surface area contributed by atoms with Gasteiger partial charge < -0.3 is 11.1 Å². The average molecular weight is 707 g/mol. The van der Waals surface area contributed by atoms with Crippen LogP contribution in [0.25, 0.3) is 6.08 Å². The Hall–Kier alpha value is -3.76. The van der Waals surface area contributed by atoms with Crippen LogP contribution in [0.4, 0.5) is 22.0 Å². The number of allylic oxidation sites excluding steroid dienone is 3. The molecular weight excluding hydrogens is 651 g/mol. The number of nitrogens with one attached hydrogen (secondary N) is 1. The third kappa shape index (κ3) is 11.4. The number of fused-ring (bicyclic) bond motifs is 7. The number of benzene rings is 1. The number of aryl methyl sites for hydroxylation is 1. The molecule has 11 heteroatoms. The summed E-state index contributed by atoms with van der Waals surface area (Å²) in [5.74, 6) is -3.65. The predicted molar refractivity (Wildman–Crippen MR) is 192 cm³/mol. The lowest BCUT2D eigenvalue weighted by Crippen LogP contribution is -2.53. The number of halogens is 5. The highest BCUT2D eigenvalue weighted by molar-refractivity contribution is 5.99. The van der Waals surface area contributed by atoms with Crippen LogP contribution < -0.4 is 11.1 Å². The third-order valence-corrected chi connectivity index (χ3v) is 9.56. The second kappa shape index (κ2) is 19.6. The van der Waals surface area contributed by atoms with Gasteiger partial charge in [-0.15, -0.1) is 0 Å². The van der Waals surface area contributed by atoms with Gasteiger partial charge >= 0.3 is 6.68 Å². The van der Waals surface area contributed by atoms with E-state index in [4.69, 9.17) is 5.73 Å². The summed E-state index contributed by atoms with van der Waals surface area (Å²) in [6, 6.07) is 4.75. The van der Waals surface area contributed by atoms with Crippen LogP contribution >= 0.6 is 0 Å². The van der Waals surface area contributed by atoms with Crippen LogP contribution in [0.1, 0.15) is 116 Å². The van der Waals surface area contributed by atoms with Gasteiger partial charge in [-0.2, -0.15) is 13.2 Å². The Morgan fingerprint density at radius 1 is 1.08 bits per heavy atom. The van der Waals surface area contributed by atoms with Crippen molar-refractivity contribution >= 4 is 23.8 Å². The summed E-state index contributed by atoms with van der Waals surface area (Å²) in [4.78, 5) is 32.8. The fourth-order valence-corrected chi connectivity index (χ4v) is 6.46. The molecule has 3 N–H and O–H groups in total. The molecule has 5 rings (SSSR count). The molecule has 4 aliphatic rings. The topological polar surface area (TPSA) is 87.8 Å². The number of hydrogen-bond donors (Lipinski definition) is 2. The van der Waals surface area contributed by atoms with Crippen LogP contribution in [0.2, 0.25) is 0 Å². The first-order valence-electron chi connectivity index (χ1n) is 17.7. The Morgan fingerprint density at radius 2 is 1.74 bits per heavy atom. The molecular formula is C39H55F5N4O2. The highest BCUT2D eigenvalue weighted by Crippen LogP contribution is 2.47. The second-order valence-corrected chi connectivity index (χ2v) is 13.0. The Bertz CT molecular complexity index is 1450. The summed E-state index contributed by atoms with van der Waals surface area (Å²) in [6.45, 7) is 14.5. The van der Waals surface area contributed by atoms with Crippen molar-refractivity contribution in [3.63, 3.8) is 0 Å². The standard InChI is InChI=1S/C36H48F2N4O2.C2H6.CHF3/c1-7-22(3)13-18-30-28-19-26(16-14-24(28)5)11-9-10-12-27-20-32(43)42(35(39)40-27)31-21-36(37,38)29(33(31)23(4)8-2)17-15-25(6)34(44)41-30;1-2;2-1(3)4/h9,11,14-17,19,22-23,27,30-31H,6-8,10,12-13,18,20-21H2,1-5H3,(H2,39,40)(H,41,44);1-2H3;1H/b11-9-,17-15-;;. The first kappa shape index (κ1) is 42.4. The minimum atomic E-state index is -3.67. The quantitative estimate of drug-likeness (QED) is 0.228. The molecule has 3 aliphatic heterocycles. The highest BCUT2D eigenvalue weighted by Gasteiger charge is 2.51. The fraction of sp³-hybridized carbons (Fsp3) is 0.564. The van der Waals surface area contributed by atoms with Crippen molar-refractivity contribution in [2.24, 2.45) is 22.6 Å². The molecule has 6 nitrogen and oxygen atoms in total. The smallest absolute Gasteiger partial charge is 0.369 e. The van der Waals surface area contributed by atoms with Crippen LogP contribution in [0.15, 0.2) is 64.7 Å². The van der Waals surface area contributed by atoms with Gasteiger partial charge in [0.2, 0.25) is 5.91 Å². The number of alkyl halides is 5. The Balaban J connectivity index is 0.00000135. The summed E-state index contributed by atoms with van der Waals surface area (Å²) in [6.07, 6.45) is 11.0. The van der Waals surface area contributed by atoms with E-state index in [-0.39, 0.29) is 47.4 Å². The van der Waals surface area contributed by atoms with Crippen molar-refractivity contribution in [3.8, 4) is 0 Å². The van der Waals surface area contributed by atoms with E-state index in [0.29, 0.717) is 30.8 Å². The third-order valence-electron chi connectivity index (χ3n) is 9.56. The summed E-state index contributed by atoms with van der Waals surface area (Å²) < 4.78 is 60.5. The maximum absolute atomic E-state index is 15.7. The van der Waals surface area contributed by atoms with Crippen LogP contribution in [0, 0.1) is 18.8 Å². The zero-order valence-electron chi connectivity index (χ0n) is 30.5. The van der Waals surface area contributed by atoms with Crippen molar-refractivity contribution < 1.29 is 31.5 Å². The molecule has 1 aliphatic carbocycles. The van der Waals surface area contributed by atoms with Crippen LogP contribution in [0.3, 0.4) is 0 Å². The highest BCUT2D eigenvalue weighted by atomic mass is 19.4. The lowest BCUT2D eigenvalue weighted by Gasteiger charge is -2.36. The molecule has 5 atom stereocenters. The minimum absolute atomic E-state index is 0.00753. The first-order chi connectivity index (χ1) is 23.6. The summed E-state index contributed by atoms with van der Waals surface area (Å²) in [5, 5.41) is 3.16. The van der Waals surface area contributed by atoms with Crippen molar-refractivity contribution in [3.05, 3.63) is 76.4 Å². The van der Waals surface area contributed by atoms with E-state index in [0.717, 1.165) is 36.0 Å².